The van der Waals surface area contributed by atoms with Gasteiger partial charge < -0.3 is 10.3 Å². The number of aryl methyl sites for hydroxylation is 2. The Morgan fingerprint density at radius 2 is 2.10 bits per heavy atom. The smallest absolute Gasteiger partial charge is 0.269 e. The Labute approximate surface area is 123 Å². The minimum atomic E-state index is -3.69. The summed E-state index contributed by atoms with van der Waals surface area (Å²) in [4.78, 5) is 0.151. The van der Waals surface area contributed by atoms with Gasteiger partial charge in [0.1, 0.15) is 5.69 Å². The third kappa shape index (κ3) is 2.08. The molecule has 112 valence electrons. The molecule has 2 aromatic rings. The summed E-state index contributed by atoms with van der Waals surface area (Å²) in [7, 11) is -3.69. The van der Waals surface area contributed by atoms with Crippen molar-refractivity contribution in [2.75, 3.05) is 16.6 Å². The summed E-state index contributed by atoms with van der Waals surface area (Å²) < 4.78 is 32.3. The van der Waals surface area contributed by atoms with Crippen LogP contribution in [-0.4, -0.2) is 20.1 Å². The van der Waals surface area contributed by atoms with Gasteiger partial charge in [-0.3, -0.25) is 4.31 Å². The molecule has 6 nitrogen and oxygen atoms in total. The predicted molar refractivity (Wildman–Crippen MR) is 79.7 cm³/mol. The predicted octanol–water partition coefficient (Wildman–Crippen LogP) is 2.02. The Morgan fingerprint density at radius 1 is 1.33 bits per heavy atom. The molecule has 0 amide bonds. The van der Waals surface area contributed by atoms with E-state index in [2.05, 4.69) is 5.16 Å². The fourth-order valence-electron chi connectivity index (χ4n) is 2.82. The molecule has 1 aromatic carbocycles. The lowest BCUT2D eigenvalue weighted by Gasteiger charge is -2.31. The number of aromatic nitrogens is 1. The van der Waals surface area contributed by atoms with Crippen molar-refractivity contribution >= 4 is 21.4 Å². The molecule has 1 aliphatic rings. The topological polar surface area (TPSA) is 89.4 Å². The summed E-state index contributed by atoms with van der Waals surface area (Å²) in [6.07, 6.45) is 1.53. The van der Waals surface area contributed by atoms with Crippen molar-refractivity contribution in [3.8, 4) is 0 Å². The molecule has 0 saturated heterocycles. The van der Waals surface area contributed by atoms with E-state index in [0.717, 1.165) is 18.4 Å². The number of rotatable bonds is 2. The molecule has 3 rings (SSSR count). The van der Waals surface area contributed by atoms with Gasteiger partial charge in [0.15, 0.2) is 10.7 Å². The van der Waals surface area contributed by atoms with Crippen LogP contribution in [0, 0.1) is 13.8 Å². The maximum atomic E-state index is 12.9. The van der Waals surface area contributed by atoms with Crippen LogP contribution in [0.15, 0.2) is 27.6 Å². The summed E-state index contributed by atoms with van der Waals surface area (Å²) in [6.45, 7) is 3.67. The van der Waals surface area contributed by atoms with Gasteiger partial charge in [-0.25, -0.2) is 8.42 Å². The molecule has 0 spiro atoms. The Hall–Kier alpha value is -2.02. The highest BCUT2D eigenvalue weighted by atomic mass is 32.2. The third-order valence-corrected chi connectivity index (χ3v) is 5.82. The second-order valence-electron chi connectivity index (χ2n) is 5.18. The van der Waals surface area contributed by atoms with E-state index in [9.17, 15) is 8.42 Å². The number of hydrogen-bond acceptors (Lipinski definition) is 5. The molecule has 0 bridgehead atoms. The van der Waals surface area contributed by atoms with Crippen LogP contribution in [0.3, 0.4) is 0 Å². The number of hydrogen-bond donors (Lipinski definition) is 1. The Kier molecular flexibility index (Phi) is 3.16. The first kappa shape index (κ1) is 13.9. The average molecular weight is 307 g/mol. The summed E-state index contributed by atoms with van der Waals surface area (Å²) >= 11 is 0. The molecule has 0 aliphatic carbocycles. The second-order valence-corrected chi connectivity index (χ2v) is 6.98. The number of fused-ring (bicyclic) bond motifs is 1. The van der Waals surface area contributed by atoms with Crippen LogP contribution in [0.2, 0.25) is 0 Å². The standard InChI is InChI=1S/C14H17N3O3S/c1-9-14(10(2)20-16-9)21(18,19)17-8-4-5-11-12(15)6-3-7-13(11)17/h3,6-7H,4-5,8,15H2,1-2H3. The van der Waals surface area contributed by atoms with Gasteiger partial charge >= 0.3 is 0 Å². The summed E-state index contributed by atoms with van der Waals surface area (Å²) in [5.74, 6) is 0.309. The van der Waals surface area contributed by atoms with Crippen molar-refractivity contribution in [3.05, 3.63) is 35.2 Å². The molecule has 0 atom stereocenters. The van der Waals surface area contributed by atoms with Crippen LogP contribution >= 0.6 is 0 Å². The minimum Gasteiger partial charge on any atom is -0.398 e. The zero-order chi connectivity index (χ0) is 15.2. The molecule has 1 aliphatic heterocycles. The van der Waals surface area contributed by atoms with E-state index in [0.29, 0.717) is 29.4 Å². The van der Waals surface area contributed by atoms with E-state index in [1.54, 1.807) is 32.0 Å². The maximum Gasteiger partial charge on any atom is 0.269 e. The van der Waals surface area contributed by atoms with Gasteiger partial charge in [0, 0.05) is 12.2 Å². The van der Waals surface area contributed by atoms with Crippen molar-refractivity contribution in [1.82, 2.24) is 5.16 Å². The van der Waals surface area contributed by atoms with Gasteiger partial charge in [-0.05, 0) is 44.4 Å². The summed E-state index contributed by atoms with van der Waals surface area (Å²) in [6, 6.07) is 5.36. The molecule has 2 heterocycles. The number of nitrogen functional groups attached to an aromatic ring is 1. The van der Waals surface area contributed by atoms with Gasteiger partial charge in [0.25, 0.3) is 10.0 Å². The normalized spacial score (nSPS) is 15.0. The molecule has 0 radical (unpaired) electrons. The fourth-order valence-corrected chi connectivity index (χ4v) is 4.65. The van der Waals surface area contributed by atoms with Gasteiger partial charge in [-0.2, -0.15) is 0 Å². The van der Waals surface area contributed by atoms with E-state index in [1.165, 1.54) is 4.31 Å². The zero-order valence-corrected chi connectivity index (χ0v) is 12.8. The molecule has 7 heteroatoms. The third-order valence-electron chi connectivity index (χ3n) is 3.76. The number of anilines is 2. The summed E-state index contributed by atoms with van der Waals surface area (Å²) in [5, 5.41) is 3.75. The van der Waals surface area contributed by atoms with Gasteiger partial charge in [-0.1, -0.05) is 11.2 Å². The number of nitrogens with zero attached hydrogens (tertiary/aromatic N) is 2. The first-order valence-corrected chi connectivity index (χ1v) is 8.20. The maximum absolute atomic E-state index is 12.9. The van der Waals surface area contributed by atoms with Gasteiger partial charge in [-0.15, -0.1) is 0 Å². The quantitative estimate of drug-likeness (QED) is 0.857. The van der Waals surface area contributed by atoms with Crippen LogP contribution in [0.5, 0.6) is 0 Å². The van der Waals surface area contributed by atoms with Crippen molar-refractivity contribution < 1.29 is 12.9 Å². The highest BCUT2D eigenvalue weighted by Crippen LogP contribution is 2.36. The monoisotopic (exact) mass is 307 g/mol. The van der Waals surface area contributed by atoms with Crippen LogP contribution < -0.4 is 10.0 Å². The highest BCUT2D eigenvalue weighted by molar-refractivity contribution is 7.93. The van der Waals surface area contributed by atoms with E-state index < -0.39 is 10.0 Å². The van der Waals surface area contributed by atoms with Crippen LogP contribution in [0.4, 0.5) is 11.4 Å². The van der Waals surface area contributed by atoms with Gasteiger partial charge in [0.05, 0.1) is 5.69 Å². The van der Waals surface area contributed by atoms with Crippen LogP contribution in [0.25, 0.3) is 0 Å². The zero-order valence-electron chi connectivity index (χ0n) is 12.0. The minimum absolute atomic E-state index is 0.151. The lowest BCUT2D eigenvalue weighted by atomic mass is 10.0. The fraction of sp³-hybridized carbons (Fsp3) is 0.357. The average Bonchev–Trinajstić information content (AvgIpc) is 2.78. The van der Waals surface area contributed by atoms with Crippen LogP contribution in [-0.2, 0) is 16.4 Å². The highest BCUT2D eigenvalue weighted by Gasteiger charge is 2.34. The van der Waals surface area contributed by atoms with E-state index >= 15 is 0 Å². The molecular formula is C14H17N3O3S. The Morgan fingerprint density at radius 3 is 2.76 bits per heavy atom. The summed E-state index contributed by atoms with van der Waals surface area (Å²) in [5.41, 5.74) is 8.52. The number of nitrogens with two attached hydrogens (primary N) is 1. The molecule has 1 aromatic heterocycles. The van der Waals surface area contributed by atoms with Crippen molar-refractivity contribution in [2.24, 2.45) is 0 Å². The molecule has 0 saturated carbocycles. The molecular weight excluding hydrogens is 290 g/mol. The largest absolute Gasteiger partial charge is 0.398 e. The van der Waals surface area contributed by atoms with E-state index in [-0.39, 0.29) is 4.90 Å². The lowest BCUT2D eigenvalue weighted by Crippen LogP contribution is -2.36. The first-order chi connectivity index (χ1) is 9.93. The number of sulfonamides is 1. The number of benzene rings is 1. The first-order valence-electron chi connectivity index (χ1n) is 6.76. The van der Waals surface area contributed by atoms with Crippen molar-refractivity contribution in [1.29, 1.82) is 0 Å². The lowest BCUT2D eigenvalue weighted by molar-refractivity contribution is 0.390. The van der Waals surface area contributed by atoms with Crippen LogP contribution in [0.1, 0.15) is 23.4 Å². The Bertz CT molecular complexity index is 776. The van der Waals surface area contributed by atoms with Crippen molar-refractivity contribution in [3.63, 3.8) is 0 Å². The molecule has 21 heavy (non-hydrogen) atoms. The Balaban J connectivity index is 2.17. The second kappa shape index (κ2) is 4.77. The van der Waals surface area contributed by atoms with Gasteiger partial charge in [0.2, 0.25) is 0 Å². The molecule has 0 fully saturated rings. The van der Waals surface area contributed by atoms with E-state index in [1.807, 2.05) is 0 Å². The van der Waals surface area contributed by atoms with E-state index in [4.69, 9.17) is 10.3 Å². The SMILES string of the molecule is Cc1noc(C)c1S(=O)(=O)N1CCCc2c(N)cccc21. The molecule has 0 unspecified atom stereocenters. The van der Waals surface area contributed by atoms with Crippen molar-refractivity contribution in [2.45, 2.75) is 31.6 Å². The molecule has 2 N–H and O–H groups in total.